The van der Waals surface area contributed by atoms with E-state index in [1.165, 1.54) is 0 Å². The van der Waals surface area contributed by atoms with E-state index in [2.05, 4.69) is 4.98 Å². The van der Waals surface area contributed by atoms with Crippen molar-refractivity contribution in [2.24, 2.45) is 0 Å². The number of halogens is 4. The van der Waals surface area contributed by atoms with E-state index in [0.29, 0.717) is 37.0 Å². The van der Waals surface area contributed by atoms with E-state index in [0.717, 1.165) is 0 Å². The molecule has 0 bridgehead atoms. The lowest BCUT2D eigenvalue weighted by atomic mass is 10.1. The second-order valence-corrected chi connectivity index (χ2v) is 5.35. The van der Waals surface area contributed by atoms with Crippen molar-refractivity contribution < 1.29 is 0 Å². The molecule has 1 aromatic carbocycles. The van der Waals surface area contributed by atoms with Crippen molar-refractivity contribution in [3.63, 3.8) is 0 Å². The Morgan fingerprint density at radius 2 is 1.79 bits per heavy atom. The Balaban J connectivity index is 2.65. The molecule has 1 aromatic heterocycles. The van der Waals surface area contributed by atoms with Crippen LogP contribution in [-0.4, -0.2) is 4.98 Å². The summed E-state index contributed by atoms with van der Waals surface area (Å²) in [6.45, 7) is 0. The summed E-state index contributed by atoms with van der Waals surface area (Å²) in [5, 5.41) is 10.2. The van der Waals surface area contributed by atoms with Gasteiger partial charge < -0.3 is 0 Å². The average Bonchev–Trinajstić information content (AvgIpc) is 2.36. The molecular weight excluding hydrogens is 326 g/mol. The van der Waals surface area contributed by atoms with E-state index in [-0.39, 0.29) is 6.42 Å². The molecule has 0 fully saturated rings. The molecule has 0 unspecified atom stereocenters. The first-order chi connectivity index (χ1) is 9.02. The highest BCUT2D eigenvalue weighted by molar-refractivity contribution is 6.45. The molecular formula is C13H6Cl4N2. The molecule has 1 heterocycles. The lowest BCUT2D eigenvalue weighted by Crippen LogP contribution is -1.93. The molecule has 0 aliphatic heterocycles. The lowest BCUT2D eigenvalue weighted by molar-refractivity contribution is 1.12. The van der Waals surface area contributed by atoms with Gasteiger partial charge in [0.2, 0.25) is 0 Å². The van der Waals surface area contributed by atoms with Crippen LogP contribution in [0.4, 0.5) is 0 Å². The molecule has 2 rings (SSSR count). The lowest BCUT2D eigenvalue weighted by Gasteiger charge is -2.09. The Morgan fingerprint density at radius 1 is 1.05 bits per heavy atom. The molecule has 0 atom stereocenters. The number of aromatic nitrogens is 1. The summed E-state index contributed by atoms with van der Waals surface area (Å²) in [5.74, 6) is 0. The number of hydrogen-bond donors (Lipinski definition) is 0. The van der Waals surface area contributed by atoms with Crippen molar-refractivity contribution in [1.29, 1.82) is 5.26 Å². The maximum absolute atomic E-state index is 8.70. The molecule has 6 heteroatoms. The van der Waals surface area contributed by atoms with Crippen molar-refractivity contribution in [2.75, 3.05) is 0 Å². The molecule has 0 saturated heterocycles. The van der Waals surface area contributed by atoms with Gasteiger partial charge in [-0.2, -0.15) is 5.26 Å². The van der Waals surface area contributed by atoms with Gasteiger partial charge in [-0.1, -0.05) is 46.4 Å². The molecule has 0 spiro atoms. The van der Waals surface area contributed by atoms with Crippen LogP contribution in [0, 0.1) is 11.3 Å². The number of hydrogen-bond acceptors (Lipinski definition) is 2. The summed E-state index contributed by atoms with van der Waals surface area (Å²) in [5.41, 5.74) is 1.61. The SMILES string of the molecule is N#CCc1ccc(Cl)c(-c2cc(Cl)cc(Cl)c2Cl)n1. The normalized spacial score (nSPS) is 10.3. The van der Waals surface area contributed by atoms with Crippen LogP contribution in [0.3, 0.4) is 0 Å². The van der Waals surface area contributed by atoms with Crippen molar-refractivity contribution in [1.82, 2.24) is 4.98 Å². The third kappa shape index (κ3) is 3.13. The molecule has 0 amide bonds. The van der Waals surface area contributed by atoms with E-state index in [1.54, 1.807) is 24.3 Å². The molecule has 0 saturated carbocycles. The van der Waals surface area contributed by atoms with Crippen molar-refractivity contribution in [3.8, 4) is 17.3 Å². The topological polar surface area (TPSA) is 36.7 Å². The minimum atomic E-state index is 0.191. The second-order valence-electron chi connectivity index (χ2n) is 3.72. The van der Waals surface area contributed by atoms with Crippen LogP contribution < -0.4 is 0 Å². The van der Waals surface area contributed by atoms with Crippen LogP contribution in [0.15, 0.2) is 24.3 Å². The smallest absolute Gasteiger partial charge is 0.0907 e. The van der Waals surface area contributed by atoms with Gasteiger partial charge in [-0.3, -0.25) is 4.98 Å². The van der Waals surface area contributed by atoms with Gasteiger partial charge in [-0.25, -0.2) is 0 Å². The van der Waals surface area contributed by atoms with Gasteiger partial charge >= 0.3 is 0 Å². The number of rotatable bonds is 2. The number of nitriles is 1. The van der Waals surface area contributed by atoms with Crippen molar-refractivity contribution in [2.45, 2.75) is 6.42 Å². The predicted octanol–water partition coefficient (Wildman–Crippen LogP) is 5.43. The summed E-state index contributed by atoms with van der Waals surface area (Å²) in [4.78, 5) is 4.32. The average molecular weight is 332 g/mol. The third-order valence-corrected chi connectivity index (χ3v) is 3.74. The first-order valence-electron chi connectivity index (χ1n) is 5.20. The summed E-state index contributed by atoms with van der Waals surface area (Å²) in [6.07, 6.45) is 0.191. The quantitative estimate of drug-likeness (QED) is 0.688. The maximum Gasteiger partial charge on any atom is 0.0907 e. The molecule has 2 nitrogen and oxygen atoms in total. The Hall–Kier alpha value is -0.980. The Labute approximate surface area is 130 Å². The minimum absolute atomic E-state index is 0.191. The highest BCUT2D eigenvalue weighted by Crippen LogP contribution is 2.38. The van der Waals surface area contributed by atoms with Crippen molar-refractivity contribution >= 4 is 46.4 Å². The van der Waals surface area contributed by atoms with Gasteiger partial charge in [-0.15, -0.1) is 0 Å². The highest BCUT2D eigenvalue weighted by atomic mass is 35.5. The largest absolute Gasteiger partial charge is 0.250 e. The molecule has 0 radical (unpaired) electrons. The van der Waals surface area contributed by atoms with Crippen LogP contribution >= 0.6 is 46.4 Å². The number of nitrogens with zero attached hydrogens (tertiary/aromatic N) is 2. The second kappa shape index (κ2) is 5.98. The molecule has 0 N–H and O–H groups in total. The molecule has 0 aliphatic carbocycles. The number of benzene rings is 1. The summed E-state index contributed by atoms with van der Waals surface area (Å²) in [7, 11) is 0. The van der Waals surface area contributed by atoms with Crippen LogP contribution in [-0.2, 0) is 6.42 Å². The van der Waals surface area contributed by atoms with Gasteiger partial charge in [0.1, 0.15) is 0 Å². The Morgan fingerprint density at radius 3 is 2.47 bits per heavy atom. The van der Waals surface area contributed by atoms with E-state index < -0.39 is 0 Å². The van der Waals surface area contributed by atoms with Gasteiger partial charge in [0.25, 0.3) is 0 Å². The van der Waals surface area contributed by atoms with E-state index in [1.807, 2.05) is 6.07 Å². The summed E-state index contributed by atoms with van der Waals surface area (Å²) >= 11 is 24.2. The number of pyridine rings is 1. The van der Waals surface area contributed by atoms with Crippen LogP contribution in [0.1, 0.15) is 5.69 Å². The zero-order valence-corrected chi connectivity index (χ0v) is 12.4. The van der Waals surface area contributed by atoms with Crippen LogP contribution in [0.2, 0.25) is 20.1 Å². The summed E-state index contributed by atoms with van der Waals surface area (Å²) in [6, 6.07) is 8.57. The monoisotopic (exact) mass is 330 g/mol. The minimum Gasteiger partial charge on any atom is -0.250 e. The van der Waals surface area contributed by atoms with E-state index >= 15 is 0 Å². The fraction of sp³-hybridized carbons (Fsp3) is 0.0769. The highest BCUT2D eigenvalue weighted by Gasteiger charge is 2.14. The van der Waals surface area contributed by atoms with E-state index in [9.17, 15) is 0 Å². The van der Waals surface area contributed by atoms with Crippen LogP contribution in [0.5, 0.6) is 0 Å². The third-order valence-electron chi connectivity index (χ3n) is 2.41. The molecule has 19 heavy (non-hydrogen) atoms. The maximum atomic E-state index is 8.70. The van der Waals surface area contributed by atoms with Gasteiger partial charge in [0, 0.05) is 10.6 Å². The van der Waals surface area contributed by atoms with Crippen molar-refractivity contribution in [3.05, 3.63) is 50.0 Å². The Bertz CT molecular complexity index is 677. The molecule has 0 aliphatic rings. The van der Waals surface area contributed by atoms with Gasteiger partial charge in [0.05, 0.1) is 38.9 Å². The fourth-order valence-electron chi connectivity index (χ4n) is 1.58. The molecule has 96 valence electrons. The van der Waals surface area contributed by atoms with Gasteiger partial charge in [0.15, 0.2) is 0 Å². The standard InChI is InChI=1S/C13H6Cl4N2/c14-7-5-9(12(17)11(16)6-7)13-10(15)2-1-8(19-13)3-4-18/h1-2,5-6H,3H2. The first kappa shape index (κ1) is 14.4. The molecule has 2 aromatic rings. The van der Waals surface area contributed by atoms with Crippen LogP contribution in [0.25, 0.3) is 11.3 Å². The van der Waals surface area contributed by atoms with E-state index in [4.69, 9.17) is 51.7 Å². The zero-order valence-electron chi connectivity index (χ0n) is 9.42. The summed E-state index contributed by atoms with van der Waals surface area (Å²) < 4.78 is 0. The zero-order chi connectivity index (χ0) is 14.0. The Kier molecular flexibility index (Phi) is 4.54. The fourth-order valence-corrected chi connectivity index (χ4v) is 2.48. The van der Waals surface area contributed by atoms with Gasteiger partial charge in [-0.05, 0) is 24.3 Å². The predicted molar refractivity (Wildman–Crippen MR) is 79.0 cm³/mol. The first-order valence-corrected chi connectivity index (χ1v) is 6.71.